The van der Waals surface area contributed by atoms with Crippen molar-refractivity contribution in [3.8, 4) is 0 Å². The molecule has 25 heavy (non-hydrogen) atoms. The summed E-state index contributed by atoms with van der Waals surface area (Å²) < 4.78 is 2.18. The number of carbonyl (C=O) groups excluding carboxylic acids is 2. The zero-order valence-electron chi connectivity index (χ0n) is 15.0. The number of thioether (sulfide) groups is 1. The summed E-state index contributed by atoms with van der Waals surface area (Å²) in [5.41, 5.74) is 2.01. The van der Waals surface area contributed by atoms with Crippen molar-refractivity contribution in [1.82, 2.24) is 20.2 Å². The van der Waals surface area contributed by atoms with Gasteiger partial charge in [-0.15, -0.1) is 0 Å². The van der Waals surface area contributed by atoms with Crippen LogP contribution in [0.5, 0.6) is 0 Å². The van der Waals surface area contributed by atoms with E-state index in [0.717, 1.165) is 29.2 Å². The van der Waals surface area contributed by atoms with Gasteiger partial charge in [-0.3, -0.25) is 10.1 Å². The molecule has 0 radical (unpaired) electrons. The molecule has 1 aromatic carbocycles. The summed E-state index contributed by atoms with van der Waals surface area (Å²) in [4.78, 5) is 28.1. The van der Waals surface area contributed by atoms with Crippen LogP contribution in [0, 0.1) is 0 Å². The molecule has 0 aliphatic heterocycles. The first kappa shape index (κ1) is 19.3. The van der Waals surface area contributed by atoms with Gasteiger partial charge in [-0.2, -0.15) is 0 Å². The van der Waals surface area contributed by atoms with Crippen molar-refractivity contribution in [1.29, 1.82) is 0 Å². The van der Waals surface area contributed by atoms with Crippen LogP contribution in [0.1, 0.15) is 39.5 Å². The molecule has 3 amide bonds. The molecule has 0 unspecified atom stereocenters. The summed E-state index contributed by atoms with van der Waals surface area (Å²) in [5.74, 6) is -0.325. The number of fused-ring (bicyclic) bond motifs is 1. The third-order valence-electron chi connectivity index (χ3n) is 3.97. The highest BCUT2D eigenvalue weighted by Gasteiger charge is 2.20. The second-order valence-electron chi connectivity index (χ2n) is 5.92. The minimum atomic E-state index is -0.495. The van der Waals surface area contributed by atoms with Crippen molar-refractivity contribution < 1.29 is 9.59 Å². The number of nitrogens with zero attached hydrogens (tertiary/aromatic N) is 2. The molecule has 1 atom stereocenters. The number of imide groups is 1. The number of unbranched alkanes of at least 4 members (excludes halogenated alkanes) is 3. The van der Waals surface area contributed by atoms with Crippen LogP contribution in [-0.4, -0.2) is 33.8 Å². The lowest BCUT2D eigenvalue weighted by molar-refractivity contribution is -0.119. The molecular weight excluding hydrogens is 336 g/mol. The molecule has 1 heterocycles. The van der Waals surface area contributed by atoms with Crippen LogP contribution in [0.3, 0.4) is 0 Å². The summed E-state index contributed by atoms with van der Waals surface area (Å²) in [5, 5.41) is 5.11. The van der Waals surface area contributed by atoms with E-state index in [4.69, 9.17) is 0 Å². The van der Waals surface area contributed by atoms with E-state index in [1.165, 1.54) is 38.1 Å². The van der Waals surface area contributed by atoms with E-state index in [9.17, 15) is 9.59 Å². The molecule has 0 aliphatic rings. The lowest BCUT2D eigenvalue weighted by Gasteiger charge is -2.13. The van der Waals surface area contributed by atoms with Crippen LogP contribution in [-0.2, 0) is 11.3 Å². The Morgan fingerprint density at radius 3 is 2.72 bits per heavy atom. The number of nitrogens with one attached hydrogen (secondary N) is 2. The molecule has 0 fully saturated rings. The third-order valence-corrected chi connectivity index (χ3v) is 5.06. The molecule has 6 nitrogen and oxygen atoms in total. The number of benzene rings is 1. The quantitative estimate of drug-likeness (QED) is 0.556. The van der Waals surface area contributed by atoms with E-state index < -0.39 is 11.3 Å². The van der Waals surface area contributed by atoms with Gasteiger partial charge in [0.2, 0.25) is 5.91 Å². The number of urea groups is 1. The third kappa shape index (κ3) is 5.22. The number of para-hydroxylation sites is 2. The van der Waals surface area contributed by atoms with E-state index in [2.05, 4.69) is 33.2 Å². The van der Waals surface area contributed by atoms with Gasteiger partial charge in [0.1, 0.15) is 0 Å². The maximum Gasteiger partial charge on any atom is 0.321 e. The average molecular weight is 362 g/mol. The summed E-state index contributed by atoms with van der Waals surface area (Å²) in [7, 11) is 1.48. The molecule has 136 valence electrons. The lowest BCUT2D eigenvalue weighted by atomic mass is 10.2. The molecule has 1 aromatic heterocycles. The minimum Gasteiger partial charge on any atom is -0.341 e. The predicted molar refractivity (Wildman–Crippen MR) is 102 cm³/mol. The van der Waals surface area contributed by atoms with E-state index in [1.807, 2.05) is 18.2 Å². The van der Waals surface area contributed by atoms with Crippen LogP contribution >= 0.6 is 11.8 Å². The van der Waals surface area contributed by atoms with Crippen molar-refractivity contribution >= 4 is 34.7 Å². The first-order valence-electron chi connectivity index (χ1n) is 8.71. The monoisotopic (exact) mass is 362 g/mol. The second kappa shape index (κ2) is 9.46. The number of rotatable bonds is 8. The molecule has 0 saturated carbocycles. The Hall–Kier alpha value is -2.02. The van der Waals surface area contributed by atoms with E-state index in [0.29, 0.717) is 0 Å². The SMILES string of the molecule is CCCCCCn1c(S[C@H](C)C(=O)NC(=O)NC)nc2ccccc21. The van der Waals surface area contributed by atoms with Crippen LogP contribution < -0.4 is 10.6 Å². The zero-order valence-corrected chi connectivity index (χ0v) is 15.9. The number of aromatic nitrogens is 2. The maximum atomic E-state index is 12.1. The fourth-order valence-corrected chi connectivity index (χ4v) is 3.49. The smallest absolute Gasteiger partial charge is 0.321 e. The maximum absolute atomic E-state index is 12.1. The van der Waals surface area contributed by atoms with Crippen molar-refractivity contribution in [3.05, 3.63) is 24.3 Å². The van der Waals surface area contributed by atoms with Gasteiger partial charge in [0, 0.05) is 13.6 Å². The summed E-state index contributed by atoms with van der Waals surface area (Å²) in [6.07, 6.45) is 4.68. The first-order valence-corrected chi connectivity index (χ1v) is 9.59. The summed E-state index contributed by atoms with van der Waals surface area (Å²) in [6.45, 7) is 4.86. The number of hydrogen-bond donors (Lipinski definition) is 2. The van der Waals surface area contributed by atoms with E-state index in [1.54, 1.807) is 6.92 Å². The fourth-order valence-electron chi connectivity index (χ4n) is 2.54. The number of hydrogen-bond acceptors (Lipinski definition) is 4. The molecule has 0 aliphatic carbocycles. The number of aryl methyl sites for hydroxylation is 1. The van der Waals surface area contributed by atoms with Gasteiger partial charge in [-0.25, -0.2) is 9.78 Å². The Morgan fingerprint density at radius 1 is 1.24 bits per heavy atom. The molecule has 2 rings (SSSR count). The summed E-state index contributed by atoms with van der Waals surface area (Å²) >= 11 is 1.38. The van der Waals surface area contributed by atoms with Crippen molar-refractivity contribution in [3.63, 3.8) is 0 Å². The highest BCUT2D eigenvalue weighted by Crippen LogP contribution is 2.28. The Morgan fingerprint density at radius 2 is 2.00 bits per heavy atom. The van der Waals surface area contributed by atoms with Crippen LogP contribution in [0.25, 0.3) is 11.0 Å². The highest BCUT2D eigenvalue weighted by atomic mass is 32.2. The largest absolute Gasteiger partial charge is 0.341 e. The first-order chi connectivity index (χ1) is 12.1. The fraction of sp³-hybridized carbons (Fsp3) is 0.500. The second-order valence-corrected chi connectivity index (χ2v) is 7.23. The molecule has 7 heteroatoms. The van der Waals surface area contributed by atoms with Gasteiger partial charge in [0.05, 0.1) is 16.3 Å². The topological polar surface area (TPSA) is 76.0 Å². The molecule has 2 aromatic rings. The van der Waals surface area contributed by atoms with Crippen molar-refractivity contribution in [2.45, 2.75) is 56.5 Å². The number of amides is 3. The standard InChI is InChI=1S/C18H26N4O2S/c1-4-5-6-9-12-22-15-11-8-7-10-14(15)20-18(22)25-13(2)16(23)21-17(24)19-3/h7-8,10-11,13H,4-6,9,12H2,1-3H3,(H2,19,21,23,24)/t13-/m1/s1. The Bertz CT molecular complexity index is 729. The molecule has 0 saturated heterocycles. The van der Waals surface area contributed by atoms with Crippen LogP contribution in [0.15, 0.2) is 29.4 Å². The van der Waals surface area contributed by atoms with Gasteiger partial charge >= 0.3 is 6.03 Å². The normalized spacial score (nSPS) is 12.1. The lowest BCUT2D eigenvalue weighted by Crippen LogP contribution is -2.41. The highest BCUT2D eigenvalue weighted by molar-refractivity contribution is 8.00. The Kier molecular flexibility index (Phi) is 7.31. The average Bonchev–Trinajstić information content (AvgIpc) is 2.95. The summed E-state index contributed by atoms with van der Waals surface area (Å²) in [6, 6.07) is 7.51. The van der Waals surface area contributed by atoms with Crippen molar-refractivity contribution in [2.24, 2.45) is 0 Å². The van der Waals surface area contributed by atoms with Gasteiger partial charge < -0.3 is 9.88 Å². The molecule has 0 bridgehead atoms. The van der Waals surface area contributed by atoms with Gasteiger partial charge in [-0.1, -0.05) is 50.1 Å². The van der Waals surface area contributed by atoms with Gasteiger partial charge in [-0.05, 0) is 25.5 Å². The molecule has 0 spiro atoms. The van der Waals surface area contributed by atoms with E-state index in [-0.39, 0.29) is 5.91 Å². The van der Waals surface area contributed by atoms with Crippen molar-refractivity contribution in [2.75, 3.05) is 7.05 Å². The molecule has 2 N–H and O–H groups in total. The van der Waals surface area contributed by atoms with Gasteiger partial charge in [0.15, 0.2) is 5.16 Å². The van der Waals surface area contributed by atoms with Crippen LogP contribution in [0.2, 0.25) is 0 Å². The van der Waals surface area contributed by atoms with E-state index >= 15 is 0 Å². The predicted octanol–water partition coefficient (Wildman–Crippen LogP) is 3.55. The minimum absolute atomic E-state index is 0.325. The molecular formula is C18H26N4O2S. The van der Waals surface area contributed by atoms with Gasteiger partial charge in [0.25, 0.3) is 0 Å². The van der Waals surface area contributed by atoms with Crippen LogP contribution in [0.4, 0.5) is 4.79 Å². The number of carbonyl (C=O) groups is 2. The Balaban J connectivity index is 2.15. The zero-order chi connectivity index (χ0) is 18.2. The number of imidazole rings is 1. The Labute approximate surface area is 152 Å².